The minimum absolute atomic E-state index is 0. The van der Waals surface area contributed by atoms with Crippen molar-refractivity contribution in [3.05, 3.63) is 155 Å². The molecule has 0 heterocycles. The van der Waals surface area contributed by atoms with Gasteiger partial charge in [-0.15, -0.1) is 0 Å². The van der Waals surface area contributed by atoms with Crippen LogP contribution in [0.1, 0.15) is 121 Å². The Morgan fingerprint density at radius 3 is 1.27 bits per heavy atom. The van der Waals surface area contributed by atoms with Gasteiger partial charge >= 0.3 is 11.9 Å². The minimum Gasteiger partial charge on any atom is -0.497 e. The van der Waals surface area contributed by atoms with Gasteiger partial charge in [0.05, 0.1) is 40.3 Å². The molecule has 2 N–H and O–H groups in total. The van der Waals surface area contributed by atoms with Crippen molar-refractivity contribution in [3.8, 4) is 56.8 Å². The zero-order chi connectivity index (χ0) is 50.4. The summed E-state index contributed by atoms with van der Waals surface area (Å²) in [7, 11) is 3.11. The fraction of sp³-hybridized carbons (Fsp3) is 0.356. The van der Waals surface area contributed by atoms with Gasteiger partial charge in [-0.3, -0.25) is 9.59 Å². The summed E-state index contributed by atoms with van der Waals surface area (Å²) in [4.78, 5) is 22.1. The Bertz CT molecular complexity index is 2430. The van der Waals surface area contributed by atoms with Crippen molar-refractivity contribution in [2.75, 3.05) is 27.4 Å². The highest BCUT2D eigenvalue weighted by Crippen LogP contribution is 2.37. The van der Waals surface area contributed by atoms with Gasteiger partial charge < -0.3 is 38.6 Å². The van der Waals surface area contributed by atoms with Gasteiger partial charge in [-0.1, -0.05) is 109 Å². The molecule has 0 saturated heterocycles. The molecule has 0 radical (unpaired) electrons. The minimum atomic E-state index is -0.831. The lowest BCUT2D eigenvalue weighted by Gasteiger charge is -2.16. The highest BCUT2D eigenvalue weighted by molar-refractivity contribution is 5.74. The van der Waals surface area contributed by atoms with E-state index in [0.29, 0.717) is 83.2 Å². The topological polar surface area (TPSA) is 130 Å². The fourth-order valence-electron chi connectivity index (χ4n) is 7.66. The highest BCUT2D eigenvalue weighted by Gasteiger charge is 2.17. The first-order valence-electron chi connectivity index (χ1n) is 23.9. The van der Waals surface area contributed by atoms with Crippen molar-refractivity contribution < 1.29 is 57.0 Å². The number of aliphatic carboxylic acids is 2. The Balaban J connectivity index is 0.000000304. The molecular weight excluding hydrogens is 907 g/mol. The lowest BCUT2D eigenvalue weighted by Crippen LogP contribution is -2.04. The second-order valence-electron chi connectivity index (χ2n) is 17.2. The standard InChI is InChI=1S/2C29H33FO5.CH4/c2*1-4-5-6-14-34-28-16-21(10-12-25(28)26-18-23(33-3)11-13-27(26)30)19-35-24-9-7-8-22(17-24)20(2)15-29(31)32;/h2*7-13,16-18,20H,4-6,14-15,19H2,1-3H3,(H,31,32);1H4/t2*20-;/m10./s1. The van der Waals surface area contributed by atoms with Crippen LogP contribution >= 0.6 is 0 Å². The predicted molar refractivity (Wildman–Crippen MR) is 276 cm³/mol. The first-order chi connectivity index (χ1) is 33.8. The Hall–Kier alpha value is -7.08. The molecule has 71 heavy (non-hydrogen) atoms. The molecule has 6 rings (SSSR count). The van der Waals surface area contributed by atoms with E-state index in [4.69, 9.17) is 38.6 Å². The van der Waals surface area contributed by atoms with Gasteiger partial charge in [0, 0.05) is 22.3 Å². The summed E-state index contributed by atoms with van der Waals surface area (Å²) in [6.45, 7) is 9.70. The van der Waals surface area contributed by atoms with Crippen LogP contribution in [0.3, 0.4) is 0 Å². The number of rotatable bonds is 26. The van der Waals surface area contributed by atoms with Crippen molar-refractivity contribution in [2.24, 2.45) is 0 Å². The second-order valence-corrected chi connectivity index (χ2v) is 17.2. The summed E-state index contributed by atoms with van der Waals surface area (Å²) in [5, 5.41) is 18.1. The van der Waals surface area contributed by atoms with Crippen LogP contribution in [0.2, 0.25) is 0 Å². The Morgan fingerprint density at radius 2 is 0.901 bits per heavy atom. The summed E-state index contributed by atoms with van der Waals surface area (Å²) >= 11 is 0. The van der Waals surface area contributed by atoms with Crippen LogP contribution in [0, 0.1) is 11.6 Å². The first kappa shape index (κ1) is 56.5. The van der Waals surface area contributed by atoms with E-state index in [0.717, 1.165) is 60.8 Å². The third kappa shape index (κ3) is 17.7. The number of methoxy groups -OCH3 is 2. The van der Waals surface area contributed by atoms with Crippen LogP contribution in [0.25, 0.3) is 22.3 Å². The summed E-state index contributed by atoms with van der Waals surface area (Å²) in [6, 6.07) is 35.5. The van der Waals surface area contributed by atoms with Gasteiger partial charge in [0.1, 0.15) is 59.3 Å². The van der Waals surface area contributed by atoms with Crippen molar-refractivity contribution >= 4 is 11.9 Å². The van der Waals surface area contributed by atoms with Gasteiger partial charge in [0.15, 0.2) is 0 Å². The van der Waals surface area contributed by atoms with Gasteiger partial charge in [0.2, 0.25) is 0 Å². The van der Waals surface area contributed by atoms with Crippen molar-refractivity contribution in [2.45, 2.75) is 112 Å². The molecule has 6 aromatic carbocycles. The van der Waals surface area contributed by atoms with E-state index in [-0.39, 0.29) is 43.7 Å². The van der Waals surface area contributed by atoms with Crippen LogP contribution in [-0.4, -0.2) is 49.6 Å². The van der Waals surface area contributed by atoms with E-state index < -0.39 is 11.9 Å². The molecule has 0 fully saturated rings. The lowest BCUT2D eigenvalue weighted by atomic mass is 9.98. The van der Waals surface area contributed by atoms with Crippen molar-refractivity contribution in [1.82, 2.24) is 0 Å². The largest absolute Gasteiger partial charge is 0.497 e. The fourth-order valence-corrected chi connectivity index (χ4v) is 7.66. The Labute approximate surface area is 418 Å². The van der Waals surface area contributed by atoms with Crippen LogP contribution in [0.4, 0.5) is 8.78 Å². The molecule has 10 nitrogen and oxygen atoms in total. The van der Waals surface area contributed by atoms with Crippen LogP contribution in [0.15, 0.2) is 121 Å². The monoisotopic (exact) mass is 976 g/mol. The molecule has 0 aliphatic heterocycles. The molecule has 380 valence electrons. The van der Waals surface area contributed by atoms with E-state index in [2.05, 4.69) is 13.8 Å². The number of hydrogen-bond acceptors (Lipinski definition) is 8. The van der Waals surface area contributed by atoms with Gasteiger partial charge in [-0.05, 0) is 120 Å². The molecule has 0 unspecified atom stereocenters. The lowest BCUT2D eigenvalue weighted by molar-refractivity contribution is -0.138. The SMILES string of the molecule is C.CCCCCOc1cc(COc2cccc([C@@H](C)CC(=O)O)c2)ccc1-c1cc(OC)ccc1F.CCCCCOc1cc(COc2cccc([C@H](C)CC(=O)O)c2)ccc1-c1cc(OC)ccc1F. The molecule has 0 amide bonds. The van der Waals surface area contributed by atoms with Crippen molar-refractivity contribution in [1.29, 1.82) is 0 Å². The number of unbranched alkanes of at least 4 members (excludes halogenated alkanes) is 4. The molecule has 0 aliphatic carbocycles. The third-order valence-electron chi connectivity index (χ3n) is 11.7. The molecule has 0 saturated carbocycles. The van der Waals surface area contributed by atoms with E-state index >= 15 is 0 Å². The number of benzene rings is 6. The zero-order valence-corrected chi connectivity index (χ0v) is 41.1. The number of ether oxygens (including phenoxy) is 6. The van der Waals surface area contributed by atoms with E-state index in [9.17, 15) is 18.4 Å². The zero-order valence-electron chi connectivity index (χ0n) is 41.1. The maximum absolute atomic E-state index is 14.7. The Morgan fingerprint density at radius 1 is 0.493 bits per heavy atom. The van der Waals surface area contributed by atoms with Gasteiger partial charge in [-0.2, -0.15) is 0 Å². The van der Waals surface area contributed by atoms with Crippen LogP contribution < -0.4 is 28.4 Å². The summed E-state index contributed by atoms with van der Waals surface area (Å²) in [5.41, 5.74) is 5.74. The average molecular weight is 977 g/mol. The predicted octanol–water partition coefficient (Wildman–Crippen LogP) is 15.1. The maximum atomic E-state index is 14.7. The maximum Gasteiger partial charge on any atom is 0.303 e. The van der Waals surface area contributed by atoms with Gasteiger partial charge in [0.25, 0.3) is 0 Å². The number of carboxylic acid groups (broad SMARTS) is 2. The first-order valence-corrected chi connectivity index (χ1v) is 23.9. The molecule has 0 bridgehead atoms. The number of carboxylic acids is 2. The van der Waals surface area contributed by atoms with Crippen molar-refractivity contribution in [3.63, 3.8) is 0 Å². The smallest absolute Gasteiger partial charge is 0.303 e. The molecule has 0 spiro atoms. The summed E-state index contributed by atoms with van der Waals surface area (Å²) < 4.78 is 64.1. The molecule has 0 aliphatic rings. The quantitative estimate of drug-likeness (QED) is 0.0507. The second kappa shape index (κ2) is 29.2. The van der Waals surface area contributed by atoms with E-state index in [1.54, 1.807) is 38.5 Å². The average Bonchev–Trinajstić information content (AvgIpc) is 3.36. The summed E-state index contributed by atoms with van der Waals surface area (Å²) in [5.74, 6) is 1.07. The third-order valence-corrected chi connectivity index (χ3v) is 11.7. The number of carbonyl (C=O) groups is 2. The molecule has 0 aromatic heterocycles. The van der Waals surface area contributed by atoms with E-state index in [1.165, 1.54) is 12.1 Å². The molecular formula is C59H70F2O10. The van der Waals surface area contributed by atoms with Gasteiger partial charge in [-0.25, -0.2) is 8.78 Å². The van der Waals surface area contributed by atoms with Crippen LogP contribution in [0.5, 0.6) is 34.5 Å². The normalized spacial score (nSPS) is 11.5. The van der Waals surface area contributed by atoms with Crippen LogP contribution in [-0.2, 0) is 22.8 Å². The number of hydrogen-bond donors (Lipinski definition) is 2. The molecule has 2 atom stereocenters. The van der Waals surface area contributed by atoms with E-state index in [1.807, 2.05) is 98.8 Å². The highest BCUT2D eigenvalue weighted by atomic mass is 19.1. The Kier molecular flexibility index (Phi) is 23.2. The summed E-state index contributed by atoms with van der Waals surface area (Å²) in [6.07, 6.45) is 6.23. The number of halogens is 2. The molecule has 6 aromatic rings. The molecule has 12 heteroatoms.